The number of rotatable bonds is 6. The molecule has 1 aliphatic heterocycles. The van der Waals surface area contributed by atoms with Crippen LogP contribution in [0, 0.1) is 6.92 Å². The van der Waals surface area contributed by atoms with E-state index in [-0.39, 0.29) is 22.8 Å². The maximum atomic E-state index is 13.4. The largest absolute Gasteiger partial charge is 0.494 e. The molecule has 2 amide bonds. The molecule has 0 fully saturated rings. The first-order valence-electron chi connectivity index (χ1n) is 12.3. The summed E-state index contributed by atoms with van der Waals surface area (Å²) in [5.74, 6) is -1.03. The summed E-state index contributed by atoms with van der Waals surface area (Å²) in [6, 6.07) is 4.59. The number of ether oxygens (including phenoxy) is 2. The molecule has 0 unspecified atom stereocenters. The average molecular weight is 619 g/mol. The number of nitrogens with one attached hydrogen (secondary N) is 1. The minimum atomic E-state index is -4.68. The van der Waals surface area contributed by atoms with Gasteiger partial charge in [-0.05, 0) is 38.1 Å². The summed E-state index contributed by atoms with van der Waals surface area (Å²) in [6.07, 6.45) is -1.77. The van der Waals surface area contributed by atoms with Crippen LogP contribution in [0.4, 0.5) is 18.3 Å². The quantitative estimate of drug-likeness (QED) is 0.263. The topological polar surface area (TPSA) is 119 Å². The van der Waals surface area contributed by atoms with Gasteiger partial charge in [0.1, 0.15) is 22.2 Å². The van der Waals surface area contributed by atoms with Crippen LogP contribution < -0.4 is 14.8 Å². The molecular formula is C27H22ClF3N6O4S. The molecule has 0 radical (unpaired) electrons. The Morgan fingerprint density at radius 1 is 1.07 bits per heavy atom. The Morgan fingerprint density at radius 2 is 1.83 bits per heavy atom. The molecule has 5 rings (SSSR count). The van der Waals surface area contributed by atoms with E-state index in [1.54, 1.807) is 26.0 Å². The lowest BCUT2D eigenvalue weighted by molar-refractivity contribution is -0.141. The van der Waals surface area contributed by atoms with E-state index < -0.39 is 35.6 Å². The van der Waals surface area contributed by atoms with Crippen molar-refractivity contribution in [2.75, 3.05) is 19.5 Å². The molecule has 5 heterocycles. The summed E-state index contributed by atoms with van der Waals surface area (Å²) in [7, 11) is 2.63. The smallest absolute Gasteiger partial charge is 0.433 e. The van der Waals surface area contributed by atoms with Crippen molar-refractivity contribution in [2.24, 2.45) is 0 Å². The highest BCUT2D eigenvalue weighted by Gasteiger charge is 2.38. The summed E-state index contributed by atoms with van der Waals surface area (Å²) in [5.41, 5.74) is 1.31. The summed E-state index contributed by atoms with van der Waals surface area (Å²) >= 11 is 7.31. The van der Waals surface area contributed by atoms with E-state index in [4.69, 9.17) is 21.1 Å². The van der Waals surface area contributed by atoms with Gasteiger partial charge in [0.2, 0.25) is 5.88 Å². The van der Waals surface area contributed by atoms with Crippen molar-refractivity contribution in [3.05, 3.63) is 74.9 Å². The Balaban J connectivity index is 1.37. The molecule has 0 aliphatic carbocycles. The van der Waals surface area contributed by atoms with Gasteiger partial charge >= 0.3 is 6.18 Å². The van der Waals surface area contributed by atoms with E-state index in [2.05, 4.69) is 25.3 Å². The molecule has 0 aromatic carbocycles. The van der Waals surface area contributed by atoms with Crippen molar-refractivity contribution in [3.63, 3.8) is 0 Å². The maximum absolute atomic E-state index is 13.4. The molecule has 1 aliphatic rings. The van der Waals surface area contributed by atoms with Gasteiger partial charge in [-0.3, -0.25) is 19.9 Å². The molecule has 42 heavy (non-hydrogen) atoms. The van der Waals surface area contributed by atoms with Gasteiger partial charge in [0, 0.05) is 23.0 Å². The van der Waals surface area contributed by atoms with Crippen LogP contribution in [0.1, 0.15) is 55.6 Å². The Kier molecular flexibility index (Phi) is 7.77. The number of carbonyl (C=O) groups excluding carboxylic acids is 2. The molecule has 0 spiro atoms. The third-order valence-electron chi connectivity index (χ3n) is 6.59. The summed E-state index contributed by atoms with van der Waals surface area (Å²) in [4.78, 5) is 45.2. The van der Waals surface area contributed by atoms with Crippen molar-refractivity contribution >= 4 is 39.9 Å². The Hall–Kier alpha value is -4.30. The molecule has 1 N–H and O–H groups in total. The molecule has 0 bridgehead atoms. The van der Waals surface area contributed by atoms with E-state index >= 15 is 0 Å². The van der Waals surface area contributed by atoms with E-state index in [1.165, 1.54) is 35.7 Å². The predicted molar refractivity (Wildman–Crippen MR) is 148 cm³/mol. The first kappa shape index (κ1) is 29.2. The minimum absolute atomic E-state index is 0.105. The highest BCUT2D eigenvalue weighted by molar-refractivity contribution is 7.16. The molecule has 218 valence electrons. The normalized spacial score (nSPS) is 14.5. The lowest BCUT2D eigenvalue weighted by atomic mass is 10.0. The Labute approximate surface area is 246 Å². The zero-order chi connectivity index (χ0) is 30.3. The summed E-state index contributed by atoms with van der Waals surface area (Å²) in [6.45, 7) is 3.66. The Morgan fingerprint density at radius 3 is 2.50 bits per heavy atom. The van der Waals surface area contributed by atoms with Crippen LogP contribution in [0.15, 0.2) is 36.7 Å². The molecule has 10 nitrogen and oxygen atoms in total. The number of methoxy groups -OCH3 is 2. The van der Waals surface area contributed by atoms with Crippen molar-refractivity contribution in [3.8, 4) is 22.8 Å². The van der Waals surface area contributed by atoms with Crippen molar-refractivity contribution in [2.45, 2.75) is 32.6 Å². The fourth-order valence-corrected chi connectivity index (χ4v) is 5.74. The third kappa shape index (κ3) is 5.46. The van der Waals surface area contributed by atoms with Crippen LogP contribution >= 0.6 is 22.9 Å². The standard InChI is InChI=1S/C27H22ClF3N6O4S/c1-12-7-15(16-8-21(28)33-10-18(16)40-3)17(9-32-12)23(38)36-26-35-22-13(2)37(11-19(22)42-26)25(39)14-5-6-20(27(29,30)31)34-24(14)41-4/h5-10,13H,11H2,1-4H3,(H,35,36,38)/t13-/m0/s1. The van der Waals surface area contributed by atoms with Crippen LogP contribution in [0.5, 0.6) is 11.6 Å². The molecule has 0 saturated carbocycles. The van der Waals surface area contributed by atoms with E-state index in [0.29, 0.717) is 33.4 Å². The number of amides is 2. The number of aryl methyl sites for hydroxylation is 1. The van der Waals surface area contributed by atoms with Gasteiger partial charge in [-0.1, -0.05) is 22.9 Å². The van der Waals surface area contributed by atoms with E-state index in [1.807, 2.05) is 0 Å². The number of alkyl halides is 3. The van der Waals surface area contributed by atoms with Crippen molar-refractivity contribution in [1.82, 2.24) is 24.8 Å². The second-order valence-electron chi connectivity index (χ2n) is 9.22. The van der Waals surface area contributed by atoms with Crippen LogP contribution in [-0.4, -0.2) is 50.9 Å². The highest BCUT2D eigenvalue weighted by atomic mass is 35.5. The number of hydrogen-bond acceptors (Lipinski definition) is 9. The van der Waals surface area contributed by atoms with Crippen LogP contribution in [-0.2, 0) is 12.7 Å². The first-order valence-corrected chi connectivity index (χ1v) is 13.5. The molecular weight excluding hydrogens is 597 g/mol. The number of thiazole rings is 1. The molecule has 1 atom stereocenters. The van der Waals surface area contributed by atoms with Gasteiger partial charge in [0.05, 0.1) is 49.1 Å². The maximum Gasteiger partial charge on any atom is 0.433 e. The predicted octanol–water partition coefficient (Wildman–Crippen LogP) is 5.96. The second kappa shape index (κ2) is 11.2. The number of fused-ring (bicyclic) bond motifs is 1. The second-order valence-corrected chi connectivity index (χ2v) is 10.7. The zero-order valence-electron chi connectivity index (χ0n) is 22.5. The molecule has 15 heteroatoms. The number of carbonyl (C=O) groups is 2. The van der Waals surface area contributed by atoms with Gasteiger partial charge in [0.15, 0.2) is 5.13 Å². The van der Waals surface area contributed by atoms with Gasteiger partial charge < -0.3 is 14.4 Å². The minimum Gasteiger partial charge on any atom is -0.494 e. The third-order valence-corrected chi connectivity index (χ3v) is 7.77. The molecule has 4 aromatic rings. The van der Waals surface area contributed by atoms with E-state index in [9.17, 15) is 22.8 Å². The first-order chi connectivity index (χ1) is 19.9. The number of anilines is 1. The van der Waals surface area contributed by atoms with Crippen LogP contribution in [0.25, 0.3) is 11.1 Å². The fraction of sp³-hybridized carbons (Fsp3) is 0.259. The highest BCUT2D eigenvalue weighted by Crippen LogP contribution is 2.41. The number of pyridine rings is 3. The molecule has 0 saturated heterocycles. The lowest BCUT2D eigenvalue weighted by Crippen LogP contribution is -2.29. The average Bonchev–Trinajstić information content (AvgIpc) is 3.49. The summed E-state index contributed by atoms with van der Waals surface area (Å²) < 4.78 is 49.7. The molecule has 4 aromatic heterocycles. The number of hydrogen-bond donors (Lipinski definition) is 1. The summed E-state index contributed by atoms with van der Waals surface area (Å²) in [5, 5.41) is 3.34. The van der Waals surface area contributed by atoms with Gasteiger partial charge in [-0.15, -0.1) is 0 Å². The number of aromatic nitrogens is 4. The van der Waals surface area contributed by atoms with Crippen LogP contribution in [0.3, 0.4) is 0 Å². The van der Waals surface area contributed by atoms with Gasteiger partial charge in [-0.25, -0.2) is 15.0 Å². The fourth-order valence-electron chi connectivity index (χ4n) is 4.53. The SMILES string of the molecule is COc1cnc(Cl)cc1-c1cc(C)ncc1C(=O)Nc1nc2c(s1)CN(C(=O)c1ccc(C(F)(F)F)nc1OC)[C@H]2C. The van der Waals surface area contributed by atoms with Crippen molar-refractivity contribution < 1.29 is 32.2 Å². The van der Waals surface area contributed by atoms with Crippen molar-refractivity contribution in [1.29, 1.82) is 0 Å². The lowest BCUT2D eigenvalue weighted by Gasteiger charge is -2.22. The van der Waals surface area contributed by atoms with E-state index in [0.717, 1.165) is 24.1 Å². The number of nitrogens with zero attached hydrogens (tertiary/aromatic N) is 5. The van der Waals surface area contributed by atoms with Gasteiger partial charge in [0.25, 0.3) is 11.8 Å². The Bertz CT molecular complexity index is 1710. The van der Waals surface area contributed by atoms with Crippen LogP contribution in [0.2, 0.25) is 5.15 Å². The monoisotopic (exact) mass is 618 g/mol. The zero-order valence-corrected chi connectivity index (χ0v) is 24.1. The van der Waals surface area contributed by atoms with Gasteiger partial charge in [-0.2, -0.15) is 13.2 Å². The number of halogens is 4.